The molecule has 0 atom stereocenters. The maximum atomic E-state index is 12.3. The fourth-order valence-electron chi connectivity index (χ4n) is 3.60. The van der Waals surface area contributed by atoms with E-state index in [9.17, 15) is 4.79 Å². The van der Waals surface area contributed by atoms with Crippen molar-refractivity contribution in [2.24, 2.45) is 5.92 Å². The number of nitrogens with zero attached hydrogens (tertiary/aromatic N) is 6. The number of hydrogen-bond acceptors (Lipinski definition) is 6. The van der Waals surface area contributed by atoms with Gasteiger partial charge in [0.25, 0.3) is 5.56 Å². The molecule has 1 fully saturated rings. The van der Waals surface area contributed by atoms with Crippen molar-refractivity contribution in [3.8, 4) is 0 Å². The van der Waals surface area contributed by atoms with Crippen LogP contribution in [0.15, 0.2) is 23.3 Å². The first-order valence-corrected chi connectivity index (χ1v) is 8.94. The molecule has 1 saturated heterocycles. The van der Waals surface area contributed by atoms with E-state index in [0.29, 0.717) is 12.5 Å². The van der Waals surface area contributed by atoms with Gasteiger partial charge in [-0.2, -0.15) is 5.10 Å². The van der Waals surface area contributed by atoms with Crippen molar-refractivity contribution in [2.75, 3.05) is 37.0 Å². The molecule has 0 bridgehead atoms. The Labute approximate surface area is 147 Å². The highest BCUT2D eigenvalue weighted by molar-refractivity contribution is 5.50. The van der Waals surface area contributed by atoms with Gasteiger partial charge in [-0.3, -0.25) is 4.79 Å². The monoisotopic (exact) mass is 340 g/mol. The molecular formula is C18H24N6O. The first-order chi connectivity index (χ1) is 12.1. The summed E-state index contributed by atoms with van der Waals surface area (Å²) in [5.74, 6) is 2.28. The molecule has 2 aliphatic rings. The van der Waals surface area contributed by atoms with Crippen LogP contribution in [0.4, 0.5) is 11.6 Å². The van der Waals surface area contributed by atoms with Gasteiger partial charge in [0.1, 0.15) is 18.0 Å². The Kier molecular flexibility index (Phi) is 4.15. The standard InChI is InChI=1S/C18H24N6O/c1-22(2)16-8-17(20-12-19-16)23-9-13(10-23)11-24-18(25)7-14-5-3-4-6-15(14)21-24/h7-8,12-13H,3-6,9-11H2,1-2H3. The van der Waals surface area contributed by atoms with Gasteiger partial charge >= 0.3 is 0 Å². The van der Waals surface area contributed by atoms with Crippen molar-refractivity contribution in [3.63, 3.8) is 0 Å². The minimum absolute atomic E-state index is 0.0380. The lowest BCUT2D eigenvalue weighted by molar-refractivity contribution is 0.330. The number of fused-ring (bicyclic) bond motifs is 1. The van der Waals surface area contributed by atoms with Crippen molar-refractivity contribution in [1.82, 2.24) is 19.7 Å². The zero-order valence-corrected chi connectivity index (χ0v) is 14.9. The summed E-state index contributed by atoms with van der Waals surface area (Å²) in [5.41, 5.74) is 2.31. The minimum atomic E-state index is 0.0380. The van der Waals surface area contributed by atoms with Crippen LogP contribution >= 0.6 is 0 Å². The molecular weight excluding hydrogens is 316 g/mol. The summed E-state index contributed by atoms with van der Waals surface area (Å²) < 4.78 is 1.66. The van der Waals surface area contributed by atoms with E-state index in [2.05, 4.69) is 20.0 Å². The van der Waals surface area contributed by atoms with Crippen LogP contribution in [0.25, 0.3) is 0 Å². The maximum Gasteiger partial charge on any atom is 0.267 e. The number of rotatable bonds is 4. The Morgan fingerprint density at radius 3 is 2.76 bits per heavy atom. The second-order valence-electron chi connectivity index (χ2n) is 7.24. The normalized spacial score (nSPS) is 17.1. The predicted octanol–water partition coefficient (Wildman–Crippen LogP) is 1.11. The summed E-state index contributed by atoms with van der Waals surface area (Å²) in [4.78, 5) is 25.1. The van der Waals surface area contributed by atoms with Gasteiger partial charge in [-0.1, -0.05) is 0 Å². The van der Waals surface area contributed by atoms with Crippen LogP contribution in [0.2, 0.25) is 0 Å². The highest BCUT2D eigenvalue weighted by Gasteiger charge is 2.29. The zero-order valence-electron chi connectivity index (χ0n) is 14.9. The van der Waals surface area contributed by atoms with Crippen molar-refractivity contribution in [2.45, 2.75) is 32.2 Å². The van der Waals surface area contributed by atoms with Gasteiger partial charge in [0.15, 0.2) is 0 Å². The molecule has 7 heteroatoms. The molecule has 1 aliphatic carbocycles. The third-order valence-electron chi connectivity index (χ3n) is 5.08. The second kappa shape index (κ2) is 6.46. The lowest BCUT2D eigenvalue weighted by Gasteiger charge is -2.40. The third-order valence-corrected chi connectivity index (χ3v) is 5.08. The van der Waals surface area contributed by atoms with Crippen LogP contribution in [-0.4, -0.2) is 46.9 Å². The van der Waals surface area contributed by atoms with Gasteiger partial charge in [-0.15, -0.1) is 0 Å². The van der Waals surface area contributed by atoms with E-state index in [4.69, 9.17) is 0 Å². The smallest absolute Gasteiger partial charge is 0.267 e. The molecule has 0 aromatic carbocycles. The molecule has 0 N–H and O–H groups in total. The Bertz CT molecular complexity index is 825. The summed E-state index contributed by atoms with van der Waals surface area (Å²) in [7, 11) is 3.94. The summed E-state index contributed by atoms with van der Waals surface area (Å²) >= 11 is 0. The Balaban J connectivity index is 1.42. The molecule has 1 aliphatic heterocycles. The average molecular weight is 340 g/mol. The molecule has 0 amide bonds. The molecule has 3 heterocycles. The Morgan fingerprint density at radius 2 is 1.96 bits per heavy atom. The summed E-state index contributed by atoms with van der Waals surface area (Å²) in [6, 6.07) is 3.80. The van der Waals surface area contributed by atoms with Crippen LogP contribution in [-0.2, 0) is 19.4 Å². The number of anilines is 2. The first-order valence-electron chi connectivity index (χ1n) is 8.94. The van der Waals surface area contributed by atoms with E-state index in [-0.39, 0.29) is 5.56 Å². The Morgan fingerprint density at radius 1 is 1.16 bits per heavy atom. The first kappa shape index (κ1) is 16.1. The molecule has 2 aromatic heterocycles. The molecule has 2 aromatic rings. The van der Waals surface area contributed by atoms with Crippen LogP contribution in [0.1, 0.15) is 24.1 Å². The average Bonchev–Trinajstić information content (AvgIpc) is 2.58. The summed E-state index contributed by atoms with van der Waals surface area (Å²) in [6.07, 6.45) is 5.95. The fraction of sp³-hybridized carbons (Fsp3) is 0.556. The van der Waals surface area contributed by atoms with E-state index in [0.717, 1.165) is 48.8 Å². The van der Waals surface area contributed by atoms with Crippen LogP contribution in [0.3, 0.4) is 0 Å². The van der Waals surface area contributed by atoms with Crippen LogP contribution < -0.4 is 15.4 Å². The number of hydrogen-bond donors (Lipinski definition) is 0. The quantitative estimate of drug-likeness (QED) is 0.831. The van der Waals surface area contributed by atoms with Gasteiger partial charge < -0.3 is 9.80 Å². The van der Waals surface area contributed by atoms with Crippen LogP contribution in [0.5, 0.6) is 0 Å². The lowest BCUT2D eigenvalue weighted by atomic mass is 9.96. The fourth-order valence-corrected chi connectivity index (χ4v) is 3.60. The molecule has 0 unspecified atom stereocenters. The zero-order chi connectivity index (χ0) is 17.4. The highest BCUT2D eigenvalue weighted by atomic mass is 16.1. The lowest BCUT2D eigenvalue weighted by Crippen LogP contribution is -2.50. The largest absolute Gasteiger partial charge is 0.363 e. The predicted molar refractivity (Wildman–Crippen MR) is 97.2 cm³/mol. The van der Waals surface area contributed by atoms with Gasteiger partial charge in [-0.25, -0.2) is 14.6 Å². The van der Waals surface area contributed by atoms with Crippen molar-refractivity contribution in [3.05, 3.63) is 40.1 Å². The summed E-state index contributed by atoms with van der Waals surface area (Å²) in [6.45, 7) is 2.48. The Hall–Kier alpha value is -2.44. The second-order valence-corrected chi connectivity index (χ2v) is 7.24. The number of aromatic nitrogens is 4. The third kappa shape index (κ3) is 3.23. The summed E-state index contributed by atoms with van der Waals surface area (Å²) in [5, 5.41) is 4.62. The molecule has 4 rings (SSSR count). The minimum Gasteiger partial charge on any atom is -0.363 e. The van der Waals surface area contributed by atoms with Gasteiger partial charge in [0, 0.05) is 45.2 Å². The van der Waals surface area contributed by atoms with Crippen molar-refractivity contribution >= 4 is 11.6 Å². The van der Waals surface area contributed by atoms with E-state index in [1.54, 1.807) is 17.1 Å². The van der Waals surface area contributed by atoms with E-state index >= 15 is 0 Å². The van der Waals surface area contributed by atoms with E-state index < -0.39 is 0 Å². The molecule has 0 spiro atoms. The van der Waals surface area contributed by atoms with Gasteiger partial charge in [-0.05, 0) is 31.2 Å². The molecule has 0 saturated carbocycles. The molecule has 0 radical (unpaired) electrons. The number of aryl methyl sites for hydroxylation is 2. The van der Waals surface area contributed by atoms with Gasteiger partial charge in [0.05, 0.1) is 12.2 Å². The SMILES string of the molecule is CN(C)c1cc(N2CC(Cn3nc4c(cc3=O)CCCC4)C2)ncn1. The van der Waals surface area contributed by atoms with Crippen molar-refractivity contribution < 1.29 is 0 Å². The van der Waals surface area contributed by atoms with Gasteiger partial charge in [0.2, 0.25) is 0 Å². The maximum absolute atomic E-state index is 12.3. The van der Waals surface area contributed by atoms with E-state index in [1.807, 2.05) is 25.1 Å². The van der Waals surface area contributed by atoms with Crippen molar-refractivity contribution in [1.29, 1.82) is 0 Å². The van der Waals surface area contributed by atoms with E-state index in [1.165, 1.54) is 12.8 Å². The molecule has 25 heavy (non-hydrogen) atoms. The highest BCUT2D eigenvalue weighted by Crippen LogP contribution is 2.25. The van der Waals surface area contributed by atoms with Crippen LogP contribution in [0, 0.1) is 5.92 Å². The molecule has 7 nitrogen and oxygen atoms in total. The topological polar surface area (TPSA) is 67.2 Å². The molecule has 132 valence electrons.